The van der Waals surface area contributed by atoms with E-state index < -0.39 is 5.97 Å². The number of ether oxygens (including phenoxy) is 2. The molecular weight excluding hydrogens is 368 g/mol. The molecule has 0 aliphatic carbocycles. The van der Waals surface area contributed by atoms with Crippen molar-refractivity contribution in [1.82, 2.24) is 0 Å². The maximum atomic E-state index is 10.9. The normalized spacial score (nSPS) is 10.7. The molecule has 0 saturated carbocycles. The molecule has 148 valence electrons. The summed E-state index contributed by atoms with van der Waals surface area (Å²) in [5.41, 5.74) is 6.78. The van der Waals surface area contributed by atoms with Crippen molar-refractivity contribution in [3.8, 4) is 11.5 Å². The second-order valence-electron chi connectivity index (χ2n) is 6.41. The number of para-hydroxylation sites is 1. The molecule has 0 bridgehead atoms. The highest BCUT2D eigenvalue weighted by atomic mass is 16.5. The van der Waals surface area contributed by atoms with Crippen LogP contribution in [-0.2, 0) is 6.61 Å². The quantitative estimate of drug-likeness (QED) is 0.429. The molecule has 3 rings (SSSR count). The molecule has 0 aliphatic rings. The van der Waals surface area contributed by atoms with Crippen molar-refractivity contribution < 1.29 is 19.4 Å². The van der Waals surface area contributed by atoms with Crippen molar-refractivity contribution in [1.29, 1.82) is 0 Å². The number of carboxylic acids is 1. The van der Waals surface area contributed by atoms with E-state index in [-0.39, 0.29) is 5.56 Å². The van der Waals surface area contributed by atoms with Crippen molar-refractivity contribution in [3.63, 3.8) is 0 Å². The maximum absolute atomic E-state index is 10.9. The summed E-state index contributed by atoms with van der Waals surface area (Å²) in [6.07, 6.45) is 1.64. The fourth-order valence-electron chi connectivity index (χ4n) is 2.77. The van der Waals surface area contributed by atoms with E-state index in [2.05, 4.69) is 16.6 Å². The molecule has 3 aromatic rings. The zero-order valence-electron chi connectivity index (χ0n) is 16.3. The molecule has 2 N–H and O–H groups in total. The Morgan fingerprint density at radius 3 is 2.55 bits per heavy atom. The summed E-state index contributed by atoms with van der Waals surface area (Å²) in [4.78, 5) is 10.9. The zero-order valence-corrected chi connectivity index (χ0v) is 16.3. The molecule has 0 saturated heterocycles. The van der Waals surface area contributed by atoms with Crippen LogP contribution in [0, 0.1) is 6.92 Å². The predicted molar refractivity (Wildman–Crippen MR) is 113 cm³/mol. The average molecular weight is 390 g/mol. The number of carboxylic acid groups (broad SMARTS) is 1. The summed E-state index contributed by atoms with van der Waals surface area (Å²) in [6, 6.07) is 20.0. The first kappa shape index (κ1) is 19.9. The van der Waals surface area contributed by atoms with Gasteiger partial charge in [0, 0.05) is 5.56 Å². The number of hydrogen-bond acceptors (Lipinski definition) is 5. The van der Waals surface area contributed by atoms with Gasteiger partial charge in [0.1, 0.15) is 6.61 Å². The van der Waals surface area contributed by atoms with Gasteiger partial charge in [-0.2, -0.15) is 5.10 Å². The summed E-state index contributed by atoms with van der Waals surface area (Å²) < 4.78 is 11.5. The molecule has 0 aliphatic heterocycles. The molecule has 6 nitrogen and oxygen atoms in total. The molecule has 0 atom stereocenters. The molecule has 6 heteroatoms. The van der Waals surface area contributed by atoms with Crippen LogP contribution in [0.15, 0.2) is 71.8 Å². The molecule has 3 aromatic carbocycles. The fourth-order valence-corrected chi connectivity index (χ4v) is 2.77. The van der Waals surface area contributed by atoms with Crippen molar-refractivity contribution >= 4 is 17.9 Å². The fraction of sp³-hybridized carbons (Fsp3) is 0.130. The van der Waals surface area contributed by atoms with Crippen LogP contribution in [0.3, 0.4) is 0 Å². The highest BCUT2D eigenvalue weighted by molar-refractivity contribution is 5.88. The molecule has 0 spiro atoms. The lowest BCUT2D eigenvalue weighted by atomic mass is 10.1. The number of anilines is 1. The first-order chi connectivity index (χ1) is 14.1. The van der Waals surface area contributed by atoms with Crippen molar-refractivity contribution in [2.24, 2.45) is 5.10 Å². The van der Waals surface area contributed by atoms with Crippen LogP contribution in [0.4, 0.5) is 5.69 Å². The van der Waals surface area contributed by atoms with Crippen LogP contribution in [0.1, 0.15) is 27.0 Å². The average Bonchev–Trinajstić information content (AvgIpc) is 2.73. The third-order valence-corrected chi connectivity index (χ3v) is 4.22. The van der Waals surface area contributed by atoms with E-state index >= 15 is 0 Å². The Kier molecular flexibility index (Phi) is 6.47. The number of nitrogens with zero attached hydrogens (tertiary/aromatic N) is 1. The number of carbonyl (C=O) groups is 1. The van der Waals surface area contributed by atoms with Gasteiger partial charge < -0.3 is 14.6 Å². The highest BCUT2D eigenvalue weighted by Crippen LogP contribution is 2.31. The van der Waals surface area contributed by atoms with E-state index in [1.807, 2.05) is 43.3 Å². The minimum Gasteiger partial charge on any atom is -0.493 e. The topological polar surface area (TPSA) is 80.2 Å². The van der Waals surface area contributed by atoms with Gasteiger partial charge >= 0.3 is 5.97 Å². The van der Waals surface area contributed by atoms with Crippen LogP contribution >= 0.6 is 0 Å². The summed E-state index contributed by atoms with van der Waals surface area (Å²) in [7, 11) is 1.60. The van der Waals surface area contributed by atoms with Crippen LogP contribution in [0.2, 0.25) is 0 Å². The lowest BCUT2D eigenvalue weighted by Crippen LogP contribution is -2.02. The SMILES string of the molecule is COc1cccc(/C=N/Nc2ccc(C(=O)O)cc2)c1OCc1cccc(C)c1. The van der Waals surface area contributed by atoms with Crippen molar-refractivity contribution in [2.45, 2.75) is 13.5 Å². The first-order valence-electron chi connectivity index (χ1n) is 9.04. The lowest BCUT2D eigenvalue weighted by Gasteiger charge is -2.13. The highest BCUT2D eigenvalue weighted by Gasteiger charge is 2.10. The van der Waals surface area contributed by atoms with E-state index in [9.17, 15) is 4.79 Å². The molecule has 0 unspecified atom stereocenters. The van der Waals surface area contributed by atoms with E-state index in [1.54, 1.807) is 25.5 Å². The van der Waals surface area contributed by atoms with Crippen LogP contribution < -0.4 is 14.9 Å². The van der Waals surface area contributed by atoms with Gasteiger partial charge in [-0.15, -0.1) is 0 Å². The minimum absolute atomic E-state index is 0.221. The molecule has 29 heavy (non-hydrogen) atoms. The van der Waals surface area contributed by atoms with Gasteiger partial charge in [0.2, 0.25) is 0 Å². The summed E-state index contributed by atoms with van der Waals surface area (Å²) in [5.74, 6) is 0.252. The number of aromatic carboxylic acids is 1. The Bertz CT molecular complexity index is 1010. The zero-order chi connectivity index (χ0) is 20.6. The molecule has 0 fully saturated rings. The Morgan fingerprint density at radius 1 is 1.10 bits per heavy atom. The van der Waals surface area contributed by atoms with Gasteiger partial charge in [-0.25, -0.2) is 4.79 Å². The van der Waals surface area contributed by atoms with Gasteiger partial charge in [0.15, 0.2) is 11.5 Å². The number of methoxy groups -OCH3 is 1. The molecule has 0 heterocycles. The monoisotopic (exact) mass is 390 g/mol. The third kappa shape index (κ3) is 5.35. The number of aryl methyl sites for hydroxylation is 1. The van der Waals surface area contributed by atoms with E-state index in [0.29, 0.717) is 23.8 Å². The second-order valence-corrected chi connectivity index (χ2v) is 6.41. The Morgan fingerprint density at radius 2 is 1.86 bits per heavy atom. The number of rotatable bonds is 8. The summed E-state index contributed by atoms with van der Waals surface area (Å²) in [5, 5.41) is 13.2. The van der Waals surface area contributed by atoms with Crippen LogP contribution in [-0.4, -0.2) is 24.4 Å². The number of hydrazone groups is 1. The smallest absolute Gasteiger partial charge is 0.335 e. The van der Waals surface area contributed by atoms with Crippen molar-refractivity contribution in [3.05, 3.63) is 89.0 Å². The standard InChI is InChI=1S/C23H22N2O4/c1-16-5-3-6-17(13-16)15-29-22-19(7-4-8-21(22)28-2)14-24-25-20-11-9-18(10-12-20)23(26)27/h3-14,25H,15H2,1-2H3,(H,26,27)/b24-14+. The third-order valence-electron chi connectivity index (χ3n) is 4.22. The van der Waals surface area contributed by atoms with Gasteiger partial charge in [0.25, 0.3) is 0 Å². The van der Waals surface area contributed by atoms with Gasteiger partial charge in [0.05, 0.1) is 24.6 Å². The van der Waals surface area contributed by atoms with E-state index in [0.717, 1.165) is 11.1 Å². The molecule has 0 radical (unpaired) electrons. The Labute approximate surface area is 169 Å². The number of hydrogen-bond donors (Lipinski definition) is 2. The molecular formula is C23H22N2O4. The Hall–Kier alpha value is -3.80. The van der Waals surface area contributed by atoms with E-state index in [1.165, 1.54) is 17.7 Å². The van der Waals surface area contributed by atoms with Gasteiger partial charge in [-0.1, -0.05) is 35.9 Å². The van der Waals surface area contributed by atoms with Crippen molar-refractivity contribution in [2.75, 3.05) is 12.5 Å². The predicted octanol–water partition coefficient (Wildman–Crippen LogP) is 4.73. The first-order valence-corrected chi connectivity index (χ1v) is 9.04. The Balaban J connectivity index is 1.74. The minimum atomic E-state index is -0.966. The second kappa shape index (κ2) is 9.41. The largest absolute Gasteiger partial charge is 0.493 e. The van der Waals surface area contributed by atoms with Crippen LogP contribution in [0.25, 0.3) is 0 Å². The van der Waals surface area contributed by atoms with Crippen LogP contribution in [0.5, 0.6) is 11.5 Å². The number of benzene rings is 3. The van der Waals surface area contributed by atoms with Gasteiger partial charge in [-0.3, -0.25) is 5.43 Å². The molecule has 0 aromatic heterocycles. The number of nitrogens with one attached hydrogen (secondary N) is 1. The lowest BCUT2D eigenvalue weighted by molar-refractivity contribution is 0.0697. The molecule has 0 amide bonds. The van der Waals surface area contributed by atoms with Gasteiger partial charge in [-0.05, 0) is 48.9 Å². The summed E-state index contributed by atoms with van der Waals surface area (Å²) >= 11 is 0. The summed E-state index contributed by atoms with van der Waals surface area (Å²) in [6.45, 7) is 2.45. The maximum Gasteiger partial charge on any atom is 0.335 e. The van der Waals surface area contributed by atoms with E-state index in [4.69, 9.17) is 14.6 Å².